The molecule has 2 fully saturated rings. The minimum atomic E-state index is 0.725. The number of hydrogen-bond donors (Lipinski definition) is 1. The Morgan fingerprint density at radius 1 is 1.33 bits per heavy atom. The van der Waals surface area contributed by atoms with Gasteiger partial charge in [0, 0.05) is 30.3 Å². The SMILES string of the molecule is c1sc(C2CNC2)nc1C1CC1. The first-order valence-electron chi connectivity index (χ1n) is 4.59. The van der Waals surface area contributed by atoms with Crippen molar-refractivity contribution in [3.8, 4) is 0 Å². The molecule has 1 aliphatic carbocycles. The third-order valence-electron chi connectivity index (χ3n) is 2.67. The molecule has 64 valence electrons. The van der Waals surface area contributed by atoms with Gasteiger partial charge in [0.15, 0.2) is 0 Å². The molecule has 3 rings (SSSR count). The second kappa shape index (κ2) is 2.54. The Balaban J connectivity index is 1.81. The Morgan fingerprint density at radius 2 is 2.17 bits per heavy atom. The van der Waals surface area contributed by atoms with Crippen LogP contribution in [0.4, 0.5) is 0 Å². The molecule has 0 spiro atoms. The second-order valence-corrected chi connectivity index (χ2v) is 4.63. The average molecular weight is 180 g/mol. The maximum atomic E-state index is 4.67. The molecular formula is C9H12N2S. The van der Waals surface area contributed by atoms with Crippen molar-refractivity contribution in [2.75, 3.05) is 13.1 Å². The van der Waals surface area contributed by atoms with Crippen LogP contribution in [-0.4, -0.2) is 18.1 Å². The zero-order valence-corrected chi connectivity index (χ0v) is 7.73. The maximum Gasteiger partial charge on any atom is 0.0984 e. The van der Waals surface area contributed by atoms with E-state index in [2.05, 4.69) is 15.7 Å². The van der Waals surface area contributed by atoms with Crippen LogP contribution >= 0.6 is 11.3 Å². The molecule has 0 atom stereocenters. The van der Waals surface area contributed by atoms with E-state index in [1.165, 1.54) is 23.5 Å². The van der Waals surface area contributed by atoms with Crippen molar-refractivity contribution >= 4 is 11.3 Å². The predicted octanol–water partition coefficient (Wildman–Crippen LogP) is 1.71. The van der Waals surface area contributed by atoms with Crippen molar-refractivity contribution in [3.63, 3.8) is 0 Å². The molecule has 3 heteroatoms. The third-order valence-corrected chi connectivity index (χ3v) is 3.69. The van der Waals surface area contributed by atoms with Crippen molar-refractivity contribution in [1.82, 2.24) is 10.3 Å². The van der Waals surface area contributed by atoms with Gasteiger partial charge in [-0.2, -0.15) is 0 Å². The lowest BCUT2D eigenvalue weighted by Gasteiger charge is -2.24. The summed E-state index contributed by atoms with van der Waals surface area (Å²) in [7, 11) is 0. The largest absolute Gasteiger partial charge is 0.315 e. The summed E-state index contributed by atoms with van der Waals surface area (Å²) in [4.78, 5) is 4.67. The highest BCUT2D eigenvalue weighted by Gasteiger charge is 2.28. The van der Waals surface area contributed by atoms with Gasteiger partial charge in [-0.05, 0) is 12.8 Å². The van der Waals surface area contributed by atoms with Gasteiger partial charge in [-0.15, -0.1) is 11.3 Å². The van der Waals surface area contributed by atoms with E-state index >= 15 is 0 Å². The molecule has 1 saturated carbocycles. The summed E-state index contributed by atoms with van der Waals surface area (Å²) in [5, 5.41) is 6.89. The van der Waals surface area contributed by atoms with E-state index in [0.717, 1.165) is 24.9 Å². The standard InChI is InChI=1S/C9H12N2S/c1-2-6(1)8-5-12-9(11-8)7-3-10-4-7/h5-7,10H,1-4H2. The average Bonchev–Trinajstić information content (AvgIpc) is 2.70. The molecule has 0 radical (unpaired) electrons. The molecule has 0 bridgehead atoms. The van der Waals surface area contributed by atoms with Crippen LogP contribution in [0.1, 0.15) is 35.4 Å². The zero-order valence-electron chi connectivity index (χ0n) is 6.92. The highest BCUT2D eigenvalue weighted by molar-refractivity contribution is 7.09. The van der Waals surface area contributed by atoms with Gasteiger partial charge in [0.1, 0.15) is 0 Å². The van der Waals surface area contributed by atoms with Crippen LogP contribution in [0.25, 0.3) is 0 Å². The molecule has 1 N–H and O–H groups in total. The Kier molecular flexibility index (Phi) is 1.49. The first kappa shape index (κ1) is 7.04. The normalized spacial score (nSPS) is 24.0. The van der Waals surface area contributed by atoms with E-state index in [9.17, 15) is 0 Å². The Bertz CT molecular complexity index is 286. The smallest absolute Gasteiger partial charge is 0.0984 e. The number of nitrogens with one attached hydrogen (secondary N) is 1. The molecule has 0 aromatic carbocycles. The summed E-state index contributed by atoms with van der Waals surface area (Å²) < 4.78 is 0. The zero-order chi connectivity index (χ0) is 7.97. The van der Waals surface area contributed by atoms with Crippen LogP contribution in [0.5, 0.6) is 0 Å². The molecule has 1 aromatic rings. The van der Waals surface area contributed by atoms with E-state index in [4.69, 9.17) is 0 Å². The molecule has 2 nitrogen and oxygen atoms in total. The highest BCUT2D eigenvalue weighted by Crippen LogP contribution is 2.41. The van der Waals surface area contributed by atoms with Gasteiger partial charge in [-0.3, -0.25) is 0 Å². The molecule has 0 amide bonds. The molecule has 2 heterocycles. The fraction of sp³-hybridized carbons (Fsp3) is 0.667. The van der Waals surface area contributed by atoms with Gasteiger partial charge >= 0.3 is 0 Å². The van der Waals surface area contributed by atoms with Gasteiger partial charge in [-0.25, -0.2) is 4.98 Å². The van der Waals surface area contributed by atoms with E-state index in [1.807, 2.05) is 11.3 Å². The van der Waals surface area contributed by atoms with Gasteiger partial charge in [-0.1, -0.05) is 0 Å². The number of hydrogen-bond acceptors (Lipinski definition) is 3. The lowest BCUT2D eigenvalue weighted by Crippen LogP contribution is -2.39. The Morgan fingerprint density at radius 3 is 2.75 bits per heavy atom. The number of nitrogens with zero attached hydrogens (tertiary/aromatic N) is 1. The van der Waals surface area contributed by atoms with Crippen LogP contribution in [-0.2, 0) is 0 Å². The van der Waals surface area contributed by atoms with Gasteiger partial charge in [0.2, 0.25) is 0 Å². The van der Waals surface area contributed by atoms with Crippen LogP contribution in [0, 0.1) is 0 Å². The maximum absolute atomic E-state index is 4.67. The fourth-order valence-corrected chi connectivity index (χ4v) is 2.52. The minimum absolute atomic E-state index is 0.725. The molecule has 0 unspecified atom stereocenters. The van der Waals surface area contributed by atoms with E-state index in [-0.39, 0.29) is 0 Å². The molecule has 1 aromatic heterocycles. The summed E-state index contributed by atoms with van der Waals surface area (Å²) in [6.07, 6.45) is 2.73. The molecule has 12 heavy (non-hydrogen) atoms. The second-order valence-electron chi connectivity index (χ2n) is 3.74. The van der Waals surface area contributed by atoms with Gasteiger partial charge in [0.05, 0.1) is 10.7 Å². The molecule has 1 saturated heterocycles. The van der Waals surface area contributed by atoms with Crippen molar-refractivity contribution in [3.05, 3.63) is 16.1 Å². The lowest BCUT2D eigenvalue weighted by atomic mass is 10.1. The third kappa shape index (κ3) is 1.08. The highest BCUT2D eigenvalue weighted by atomic mass is 32.1. The van der Waals surface area contributed by atoms with Crippen LogP contribution in [0.15, 0.2) is 5.38 Å². The fourth-order valence-electron chi connectivity index (χ4n) is 1.52. The minimum Gasteiger partial charge on any atom is -0.315 e. The number of rotatable bonds is 2. The van der Waals surface area contributed by atoms with Crippen molar-refractivity contribution in [2.45, 2.75) is 24.7 Å². The van der Waals surface area contributed by atoms with Crippen LogP contribution in [0.3, 0.4) is 0 Å². The Hall–Kier alpha value is -0.410. The summed E-state index contributed by atoms with van der Waals surface area (Å²) in [6.45, 7) is 2.27. The number of aromatic nitrogens is 1. The lowest BCUT2D eigenvalue weighted by molar-refractivity contribution is 0.446. The number of thiazole rings is 1. The summed E-state index contributed by atoms with van der Waals surface area (Å²) in [5.74, 6) is 1.55. The molecule has 2 aliphatic rings. The molecular weight excluding hydrogens is 168 g/mol. The Labute approximate surface area is 76.0 Å². The first-order chi connectivity index (χ1) is 5.93. The van der Waals surface area contributed by atoms with E-state index in [1.54, 1.807) is 0 Å². The van der Waals surface area contributed by atoms with Crippen molar-refractivity contribution in [1.29, 1.82) is 0 Å². The van der Waals surface area contributed by atoms with E-state index < -0.39 is 0 Å². The summed E-state index contributed by atoms with van der Waals surface area (Å²) in [6, 6.07) is 0. The summed E-state index contributed by atoms with van der Waals surface area (Å²) >= 11 is 1.85. The topological polar surface area (TPSA) is 24.9 Å². The van der Waals surface area contributed by atoms with Crippen LogP contribution < -0.4 is 5.32 Å². The summed E-state index contributed by atoms with van der Waals surface area (Å²) in [5.41, 5.74) is 1.36. The van der Waals surface area contributed by atoms with Gasteiger partial charge < -0.3 is 5.32 Å². The van der Waals surface area contributed by atoms with E-state index in [0.29, 0.717) is 0 Å². The monoisotopic (exact) mass is 180 g/mol. The molecule has 1 aliphatic heterocycles. The quantitative estimate of drug-likeness (QED) is 0.749. The predicted molar refractivity (Wildman–Crippen MR) is 49.7 cm³/mol. The van der Waals surface area contributed by atoms with Crippen molar-refractivity contribution in [2.24, 2.45) is 0 Å². The first-order valence-corrected chi connectivity index (χ1v) is 5.47. The van der Waals surface area contributed by atoms with Crippen LogP contribution in [0.2, 0.25) is 0 Å². The van der Waals surface area contributed by atoms with Crippen molar-refractivity contribution < 1.29 is 0 Å². The van der Waals surface area contributed by atoms with Gasteiger partial charge in [0.25, 0.3) is 0 Å².